The van der Waals surface area contributed by atoms with Gasteiger partial charge in [-0.05, 0) is 39.0 Å². The predicted molar refractivity (Wildman–Crippen MR) is 81.6 cm³/mol. The van der Waals surface area contributed by atoms with E-state index in [-0.39, 0.29) is 22.8 Å². The third-order valence-corrected chi connectivity index (χ3v) is 5.12. The van der Waals surface area contributed by atoms with E-state index in [1.165, 1.54) is 12.1 Å². The van der Waals surface area contributed by atoms with Crippen LogP contribution < -0.4 is 4.72 Å². The molecule has 1 aliphatic rings. The molecule has 0 aliphatic carbocycles. The number of likely N-dealkylation sites (tertiary alicyclic amines) is 1. The summed E-state index contributed by atoms with van der Waals surface area (Å²) in [7, 11) is -3.67. The number of halogens is 1. The van der Waals surface area contributed by atoms with Crippen molar-refractivity contribution in [3.8, 4) is 0 Å². The fourth-order valence-corrected chi connectivity index (χ4v) is 3.88. The number of nitrogens with one attached hydrogen (secondary N) is 1. The Kier molecular flexibility index (Phi) is 4.33. The first kappa shape index (κ1) is 16.3. The SMILES string of the molecule is CC(C)(C)N1CC(NS(=O)(=O)c2cccc(Cl)c2)CC1=O. The fourth-order valence-electron chi connectivity index (χ4n) is 2.36. The molecule has 1 aromatic rings. The van der Waals surface area contributed by atoms with Crippen LogP contribution in [0.25, 0.3) is 0 Å². The Balaban J connectivity index is 2.14. The Morgan fingerprint density at radius 1 is 1.33 bits per heavy atom. The fraction of sp³-hybridized carbons (Fsp3) is 0.500. The van der Waals surface area contributed by atoms with Gasteiger partial charge in [0, 0.05) is 29.6 Å². The Labute approximate surface area is 130 Å². The van der Waals surface area contributed by atoms with E-state index in [0.29, 0.717) is 11.6 Å². The summed E-state index contributed by atoms with van der Waals surface area (Å²) < 4.78 is 27.2. The summed E-state index contributed by atoms with van der Waals surface area (Å²) in [6.07, 6.45) is 0.178. The van der Waals surface area contributed by atoms with Crippen molar-refractivity contribution in [3.63, 3.8) is 0 Å². The molecule has 1 aromatic carbocycles. The number of hydrogen-bond acceptors (Lipinski definition) is 3. The van der Waals surface area contributed by atoms with Gasteiger partial charge < -0.3 is 4.90 Å². The van der Waals surface area contributed by atoms with Crippen molar-refractivity contribution in [1.82, 2.24) is 9.62 Å². The second kappa shape index (κ2) is 5.59. The molecule has 7 heteroatoms. The van der Waals surface area contributed by atoms with Crippen molar-refractivity contribution >= 4 is 27.5 Å². The summed E-state index contributed by atoms with van der Waals surface area (Å²) in [5.41, 5.74) is -0.312. The Bertz CT molecular complexity index is 652. The van der Waals surface area contributed by atoms with Gasteiger partial charge in [0.25, 0.3) is 0 Å². The number of amides is 1. The third-order valence-electron chi connectivity index (χ3n) is 3.36. The molecule has 1 heterocycles. The number of benzene rings is 1. The third kappa shape index (κ3) is 3.75. The summed E-state index contributed by atoms with van der Waals surface area (Å²) in [5.74, 6) is -0.0405. The molecule has 21 heavy (non-hydrogen) atoms. The van der Waals surface area contributed by atoms with E-state index in [2.05, 4.69) is 4.72 Å². The van der Waals surface area contributed by atoms with Crippen LogP contribution in [0.2, 0.25) is 5.02 Å². The number of nitrogens with zero attached hydrogens (tertiary/aromatic N) is 1. The number of carbonyl (C=O) groups excluding carboxylic acids is 1. The van der Waals surface area contributed by atoms with Crippen molar-refractivity contribution in [1.29, 1.82) is 0 Å². The largest absolute Gasteiger partial charge is 0.336 e. The van der Waals surface area contributed by atoms with Gasteiger partial charge in [-0.1, -0.05) is 17.7 Å². The summed E-state index contributed by atoms with van der Waals surface area (Å²) >= 11 is 5.82. The summed E-state index contributed by atoms with van der Waals surface area (Å²) in [5, 5.41) is 0.358. The molecule has 116 valence electrons. The van der Waals surface area contributed by atoms with Crippen molar-refractivity contribution in [2.45, 2.75) is 43.7 Å². The first-order chi connectivity index (χ1) is 9.59. The molecule has 1 atom stereocenters. The number of sulfonamides is 1. The Morgan fingerprint density at radius 3 is 2.52 bits per heavy atom. The van der Waals surface area contributed by atoms with E-state index in [1.54, 1.807) is 17.0 Å². The molecule has 5 nitrogen and oxygen atoms in total. The Morgan fingerprint density at radius 2 is 2.00 bits per heavy atom. The zero-order chi connectivity index (χ0) is 15.8. The molecule has 0 saturated carbocycles. The summed E-state index contributed by atoms with van der Waals surface area (Å²) in [6.45, 7) is 6.17. The predicted octanol–water partition coefficient (Wildman–Crippen LogP) is 2.02. The molecule has 0 bridgehead atoms. The van der Waals surface area contributed by atoms with Crippen LogP contribution in [0.4, 0.5) is 0 Å². The van der Waals surface area contributed by atoms with E-state index in [9.17, 15) is 13.2 Å². The van der Waals surface area contributed by atoms with Crippen molar-refractivity contribution < 1.29 is 13.2 Å². The lowest BCUT2D eigenvalue weighted by Gasteiger charge is -2.32. The summed E-state index contributed by atoms with van der Waals surface area (Å²) in [6, 6.07) is 5.65. The van der Waals surface area contributed by atoms with Crippen LogP contribution in [0.15, 0.2) is 29.2 Å². The van der Waals surface area contributed by atoms with E-state index in [1.807, 2.05) is 20.8 Å². The standard InChI is InChI=1S/C14H19ClN2O3S/c1-14(2,3)17-9-11(8-13(17)18)16-21(19,20)12-6-4-5-10(15)7-12/h4-7,11,16H,8-9H2,1-3H3. The lowest BCUT2D eigenvalue weighted by molar-refractivity contribution is -0.131. The normalized spacial score (nSPS) is 20.1. The monoisotopic (exact) mass is 330 g/mol. The molecule has 1 unspecified atom stereocenters. The molecule has 1 saturated heterocycles. The molecule has 0 spiro atoms. The molecule has 0 radical (unpaired) electrons. The van der Waals surface area contributed by atoms with Gasteiger partial charge in [-0.2, -0.15) is 0 Å². The summed E-state index contributed by atoms with van der Waals surface area (Å²) in [4.78, 5) is 13.8. The minimum atomic E-state index is -3.67. The molecule has 2 rings (SSSR count). The number of carbonyl (C=O) groups is 1. The highest BCUT2D eigenvalue weighted by Crippen LogP contribution is 2.23. The first-order valence-corrected chi connectivity index (χ1v) is 8.54. The lowest BCUT2D eigenvalue weighted by atomic mass is 10.1. The number of hydrogen-bond donors (Lipinski definition) is 1. The minimum absolute atomic E-state index is 0.0405. The van der Waals surface area contributed by atoms with Gasteiger partial charge in [-0.15, -0.1) is 0 Å². The highest BCUT2D eigenvalue weighted by Gasteiger charge is 2.37. The van der Waals surface area contributed by atoms with Gasteiger partial charge in [0.15, 0.2) is 0 Å². The van der Waals surface area contributed by atoms with E-state index >= 15 is 0 Å². The maximum atomic E-state index is 12.3. The average Bonchev–Trinajstić information content (AvgIpc) is 2.69. The smallest absolute Gasteiger partial charge is 0.240 e. The van der Waals surface area contributed by atoms with Crippen LogP contribution >= 0.6 is 11.6 Å². The highest BCUT2D eigenvalue weighted by atomic mass is 35.5. The van der Waals surface area contributed by atoms with Crippen LogP contribution in [0.1, 0.15) is 27.2 Å². The maximum absolute atomic E-state index is 12.3. The van der Waals surface area contributed by atoms with Gasteiger partial charge in [0.1, 0.15) is 0 Å². The van der Waals surface area contributed by atoms with Crippen molar-refractivity contribution in [2.24, 2.45) is 0 Å². The van der Waals surface area contributed by atoms with Crippen LogP contribution in [-0.4, -0.2) is 37.4 Å². The lowest BCUT2D eigenvalue weighted by Crippen LogP contribution is -2.44. The van der Waals surface area contributed by atoms with Crippen LogP contribution in [0, 0.1) is 0 Å². The molecular weight excluding hydrogens is 312 g/mol. The molecule has 1 fully saturated rings. The first-order valence-electron chi connectivity index (χ1n) is 6.68. The van der Waals surface area contributed by atoms with Gasteiger partial charge >= 0.3 is 0 Å². The van der Waals surface area contributed by atoms with Gasteiger partial charge in [0.2, 0.25) is 15.9 Å². The van der Waals surface area contributed by atoms with Crippen molar-refractivity contribution in [3.05, 3.63) is 29.3 Å². The Hall–Kier alpha value is -1.11. The maximum Gasteiger partial charge on any atom is 0.240 e. The number of rotatable bonds is 3. The van der Waals surface area contributed by atoms with Gasteiger partial charge in [-0.25, -0.2) is 13.1 Å². The second-order valence-electron chi connectivity index (χ2n) is 6.15. The van der Waals surface area contributed by atoms with E-state index in [0.717, 1.165) is 0 Å². The average molecular weight is 331 g/mol. The molecule has 0 aromatic heterocycles. The molecule has 1 aliphatic heterocycles. The van der Waals surface area contributed by atoms with Crippen LogP contribution in [0.5, 0.6) is 0 Å². The molecular formula is C14H19ClN2O3S. The van der Waals surface area contributed by atoms with Gasteiger partial charge in [0.05, 0.1) is 4.90 Å². The van der Waals surface area contributed by atoms with E-state index in [4.69, 9.17) is 11.6 Å². The zero-order valence-corrected chi connectivity index (χ0v) is 13.8. The highest BCUT2D eigenvalue weighted by molar-refractivity contribution is 7.89. The van der Waals surface area contributed by atoms with Gasteiger partial charge in [-0.3, -0.25) is 4.79 Å². The van der Waals surface area contributed by atoms with Crippen LogP contribution in [0.3, 0.4) is 0 Å². The quantitative estimate of drug-likeness (QED) is 0.922. The molecule has 1 amide bonds. The van der Waals surface area contributed by atoms with Crippen molar-refractivity contribution in [2.75, 3.05) is 6.54 Å². The topological polar surface area (TPSA) is 66.5 Å². The van der Waals surface area contributed by atoms with E-state index < -0.39 is 16.1 Å². The second-order valence-corrected chi connectivity index (χ2v) is 8.31. The van der Waals surface area contributed by atoms with Crippen LogP contribution in [-0.2, 0) is 14.8 Å². The zero-order valence-electron chi connectivity index (χ0n) is 12.3. The molecule has 1 N–H and O–H groups in total. The minimum Gasteiger partial charge on any atom is -0.336 e.